The second-order valence-corrected chi connectivity index (χ2v) is 7.36. The van der Waals surface area contributed by atoms with Crippen LogP contribution in [0.1, 0.15) is 51.4 Å². The maximum Gasteiger partial charge on any atom is 0.237 e. The van der Waals surface area contributed by atoms with E-state index in [0.29, 0.717) is 25.2 Å². The van der Waals surface area contributed by atoms with Gasteiger partial charge in [-0.25, -0.2) is 0 Å². The van der Waals surface area contributed by atoms with E-state index < -0.39 is 0 Å². The molecule has 3 aliphatic rings. The van der Waals surface area contributed by atoms with E-state index in [2.05, 4.69) is 10.2 Å². The lowest BCUT2D eigenvalue weighted by Crippen LogP contribution is -2.52. The van der Waals surface area contributed by atoms with Crippen molar-refractivity contribution in [2.75, 3.05) is 26.7 Å². The highest BCUT2D eigenvalue weighted by molar-refractivity contribution is 5.81. The molecule has 0 aromatic carbocycles. The molecule has 1 aliphatic heterocycles. The number of amides is 2. The number of carbonyl (C=O) groups excluding carboxylic acids is 2. The maximum absolute atomic E-state index is 12.6. The number of hydrogen-bond acceptors (Lipinski definition) is 3. The Hall–Kier alpha value is -1.10. The average Bonchev–Trinajstić information content (AvgIpc) is 3.30. The van der Waals surface area contributed by atoms with Crippen LogP contribution in [0, 0.1) is 5.92 Å². The Morgan fingerprint density at radius 2 is 1.77 bits per heavy atom. The molecule has 22 heavy (non-hydrogen) atoms. The summed E-state index contributed by atoms with van der Waals surface area (Å²) in [6.45, 7) is 1.59. The van der Waals surface area contributed by atoms with Crippen LogP contribution in [0.2, 0.25) is 0 Å². The summed E-state index contributed by atoms with van der Waals surface area (Å²) in [5.74, 6) is 0.972. The highest BCUT2D eigenvalue weighted by atomic mass is 16.2. The van der Waals surface area contributed by atoms with E-state index in [-0.39, 0.29) is 11.8 Å². The molecule has 0 bridgehead atoms. The molecule has 0 aromatic heterocycles. The van der Waals surface area contributed by atoms with Crippen LogP contribution in [0.4, 0.5) is 0 Å². The number of carbonyl (C=O) groups is 2. The molecule has 2 saturated carbocycles. The van der Waals surface area contributed by atoms with Gasteiger partial charge in [-0.2, -0.15) is 0 Å². The molecule has 3 rings (SSSR count). The van der Waals surface area contributed by atoms with Gasteiger partial charge in [0.05, 0.1) is 13.1 Å². The van der Waals surface area contributed by atoms with Crippen molar-refractivity contribution in [3.05, 3.63) is 0 Å². The lowest BCUT2D eigenvalue weighted by molar-refractivity contribution is -0.138. The van der Waals surface area contributed by atoms with Gasteiger partial charge in [-0.3, -0.25) is 14.5 Å². The minimum absolute atomic E-state index is 0.0481. The Bertz CT molecular complexity index is 420. The van der Waals surface area contributed by atoms with Gasteiger partial charge in [0.2, 0.25) is 11.8 Å². The lowest BCUT2D eigenvalue weighted by atomic mass is 9.78. The SMILES string of the molecule is CN(CC(=O)NC1CC1)CC(=O)N1CCCC2CCCCC21. The van der Waals surface area contributed by atoms with Crippen molar-refractivity contribution in [1.29, 1.82) is 0 Å². The molecule has 124 valence electrons. The van der Waals surface area contributed by atoms with Crippen LogP contribution in [0.5, 0.6) is 0 Å². The van der Waals surface area contributed by atoms with E-state index in [1.165, 1.54) is 32.1 Å². The van der Waals surface area contributed by atoms with E-state index in [4.69, 9.17) is 0 Å². The van der Waals surface area contributed by atoms with Crippen LogP contribution >= 0.6 is 0 Å². The van der Waals surface area contributed by atoms with E-state index in [1.807, 2.05) is 11.9 Å². The van der Waals surface area contributed by atoms with Gasteiger partial charge in [0.15, 0.2) is 0 Å². The Morgan fingerprint density at radius 3 is 2.55 bits per heavy atom. The van der Waals surface area contributed by atoms with Crippen LogP contribution in [0.3, 0.4) is 0 Å². The molecule has 0 spiro atoms. The number of fused-ring (bicyclic) bond motifs is 1. The van der Waals surface area contributed by atoms with Crippen molar-refractivity contribution in [2.45, 2.75) is 63.5 Å². The monoisotopic (exact) mass is 307 g/mol. The number of nitrogens with zero attached hydrogens (tertiary/aromatic N) is 2. The normalized spacial score (nSPS) is 28.4. The molecule has 2 atom stereocenters. The molecule has 2 amide bonds. The minimum atomic E-state index is 0.0481. The summed E-state index contributed by atoms with van der Waals surface area (Å²) in [5, 5.41) is 2.98. The number of rotatable bonds is 5. The van der Waals surface area contributed by atoms with Gasteiger partial charge in [0.25, 0.3) is 0 Å². The summed E-state index contributed by atoms with van der Waals surface area (Å²) >= 11 is 0. The van der Waals surface area contributed by atoms with Gasteiger partial charge in [0, 0.05) is 18.6 Å². The Morgan fingerprint density at radius 1 is 1.05 bits per heavy atom. The highest BCUT2D eigenvalue weighted by Gasteiger charge is 2.35. The molecule has 1 saturated heterocycles. The van der Waals surface area contributed by atoms with Gasteiger partial charge in [-0.15, -0.1) is 0 Å². The Labute approximate surface area is 133 Å². The second-order valence-electron chi connectivity index (χ2n) is 7.36. The smallest absolute Gasteiger partial charge is 0.237 e. The molecule has 2 unspecified atom stereocenters. The fraction of sp³-hybridized carbons (Fsp3) is 0.882. The number of nitrogens with one attached hydrogen (secondary N) is 1. The largest absolute Gasteiger partial charge is 0.352 e. The van der Waals surface area contributed by atoms with E-state index in [9.17, 15) is 9.59 Å². The first-order valence-corrected chi connectivity index (χ1v) is 8.91. The first kappa shape index (κ1) is 15.8. The van der Waals surface area contributed by atoms with Crippen LogP contribution in [-0.2, 0) is 9.59 Å². The maximum atomic E-state index is 12.6. The van der Waals surface area contributed by atoms with E-state index in [1.54, 1.807) is 0 Å². The average molecular weight is 307 g/mol. The van der Waals surface area contributed by atoms with Crippen molar-refractivity contribution < 1.29 is 9.59 Å². The van der Waals surface area contributed by atoms with E-state index in [0.717, 1.165) is 31.7 Å². The summed E-state index contributed by atoms with van der Waals surface area (Å²) in [5.41, 5.74) is 0. The molecule has 5 heteroatoms. The molecule has 0 radical (unpaired) electrons. The van der Waals surface area contributed by atoms with Crippen molar-refractivity contribution >= 4 is 11.8 Å². The zero-order valence-corrected chi connectivity index (χ0v) is 13.7. The third-order valence-corrected chi connectivity index (χ3v) is 5.32. The van der Waals surface area contributed by atoms with Gasteiger partial charge >= 0.3 is 0 Å². The van der Waals surface area contributed by atoms with Crippen molar-refractivity contribution in [2.24, 2.45) is 5.92 Å². The van der Waals surface area contributed by atoms with Crippen LogP contribution in [-0.4, -0.2) is 60.4 Å². The highest BCUT2D eigenvalue weighted by Crippen LogP contribution is 2.35. The third-order valence-electron chi connectivity index (χ3n) is 5.32. The van der Waals surface area contributed by atoms with Crippen LogP contribution in [0.25, 0.3) is 0 Å². The quantitative estimate of drug-likeness (QED) is 0.835. The zero-order chi connectivity index (χ0) is 15.5. The molecule has 3 fully saturated rings. The third kappa shape index (κ3) is 4.00. The van der Waals surface area contributed by atoms with Gasteiger partial charge in [0.1, 0.15) is 0 Å². The lowest BCUT2D eigenvalue weighted by Gasteiger charge is -2.44. The van der Waals surface area contributed by atoms with Crippen LogP contribution < -0.4 is 5.32 Å². The predicted octanol–water partition coefficient (Wildman–Crippen LogP) is 1.38. The number of likely N-dealkylation sites (N-methyl/N-ethyl adjacent to an activating group) is 1. The Balaban J connectivity index is 1.48. The number of hydrogen-bond donors (Lipinski definition) is 1. The molecule has 2 aliphatic carbocycles. The van der Waals surface area contributed by atoms with Crippen molar-refractivity contribution in [3.8, 4) is 0 Å². The molecule has 1 heterocycles. The number of likely N-dealkylation sites (tertiary alicyclic amines) is 1. The zero-order valence-electron chi connectivity index (χ0n) is 13.7. The molecular weight excluding hydrogens is 278 g/mol. The molecular formula is C17H29N3O2. The van der Waals surface area contributed by atoms with E-state index >= 15 is 0 Å². The fourth-order valence-electron chi connectivity index (χ4n) is 4.06. The first-order valence-electron chi connectivity index (χ1n) is 8.91. The number of piperidine rings is 1. The van der Waals surface area contributed by atoms with Gasteiger partial charge < -0.3 is 10.2 Å². The molecule has 1 N–H and O–H groups in total. The Kier molecular flexibility index (Phi) is 5.01. The predicted molar refractivity (Wildman–Crippen MR) is 85.4 cm³/mol. The molecule has 5 nitrogen and oxygen atoms in total. The molecule has 0 aromatic rings. The fourth-order valence-corrected chi connectivity index (χ4v) is 4.06. The minimum Gasteiger partial charge on any atom is -0.352 e. The summed E-state index contributed by atoms with van der Waals surface area (Å²) in [6, 6.07) is 0.852. The standard InChI is InChI=1S/C17H29N3O2/c1-19(11-16(21)18-14-8-9-14)12-17(22)20-10-4-6-13-5-2-3-7-15(13)20/h13-15H,2-12H2,1H3,(H,18,21). The second kappa shape index (κ2) is 6.99. The summed E-state index contributed by atoms with van der Waals surface area (Å²) < 4.78 is 0. The summed E-state index contributed by atoms with van der Waals surface area (Å²) in [6.07, 6.45) is 9.66. The van der Waals surface area contributed by atoms with Gasteiger partial charge in [-0.05, 0) is 51.5 Å². The summed E-state index contributed by atoms with van der Waals surface area (Å²) in [4.78, 5) is 28.4. The van der Waals surface area contributed by atoms with Gasteiger partial charge in [-0.1, -0.05) is 12.8 Å². The van der Waals surface area contributed by atoms with Crippen LogP contribution in [0.15, 0.2) is 0 Å². The first-order chi connectivity index (χ1) is 10.6. The summed E-state index contributed by atoms with van der Waals surface area (Å²) in [7, 11) is 1.87. The topological polar surface area (TPSA) is 52.7 Å². The van der Waals surface area contributed by atoms with Crippen molar-refractivity contribution in [1.82, 2.24) is 15.1 Å². The van der Waals surface area contributed by atoms with Crippen molar-refractivity contribution in [3.63, 3.8) is 0 Å².